The van der Waals surface area contributed by atoms with Crippen LogP contribution in [0.5, 0.6) is 0 Å². The molecule has 0 aliphatic heterocycles. The summed E-state index contributed by atoms with van der Waals surface area (Å²) in [5.41, 5.74) is 6.24. The van der Waals surface area contributed by atoms with E-state index in [0.29, 0.717) is 6.54 Å². The quantitative estimate of drug-likeness (QED) is 0.893. The van der Waals surface area contributed by atoms with Crippen molar-refractivity contribution >= 4 is 27.6 Å². The van der Waals surface area contributed by atoms with Gasteiger partial charge in [-0.25, -0.2) is 9.97 Å². The summed E-state index contributed by atoms with van der Waals surface area (Å²) in [5, 5.41) is 2.79. The zero-order valence-corrected chi connectivity index (χ0v) is 11.7. The molecule has 0 bridgehead atoms. The van der Waals surface area contributed by atoms with E-state index in [4.69, 9.17) is 5.73 Å². The van der Waals surface area contributed by atoms with Gasteiger partial charge in [-0.05, 0) is 11.6 Å². The van der Waals surface area contributed by atoms with Gasteiger partial charge in [-0.1, -0.05) is 34.1 Å². The molecular weight excluding hydrogens is 337 g/mol. The van der Waals surface area contributed by atoms with Crippen LogP contribution in [-0.2, 0) is 12.7 Å². The van der Waals surface area contributed by atoms with Crippen molar-refractivity contribution in [2.24, 2.45) is 0 Å². The lowest BCUT2D eigenvalue weighted by molar-refractivity contribution is -0.144. The smallest absolute Gasteiger partial charge is 0.384 e. The molecule has 3 N–H and O–H groups in total. The lowest BCUT2D eigenvalue weighted by Gasteiger charge is -2.10. The summed E-state index contributed by atoms with van der Waals surface area (Å²) < 4.78 is 38.5. The Bertz CT molecular complexity index is 616. The number of hydrogen-bond acceptors (Lipinski definition) is 4. The molecule has 0 amide bonds. The van der Waals surface area contributed by atoms with Crippen LogP contribution in [0.25, 0.3) is 0 Å². The monoisotopic (exact) mass is 346 g/mol. The normalized spacial score (nSPS) is 11.4. The largest absolute Gasteiger partial charge is 0.451 e. The summed E-state index contributed by atoms with van der Waals surface area (Å²) in [6, 6.07) is 8.61. The molecule has 2 rings (SSSR count). The third-order valence-electron chi connectivity index (χ3n) is 2.42. The second-order valence-electron chi connectivity index (χ2n) is 3.94. The maximum Gasteiger partial charge on any atom is 0.451 e. The Hall–Kier alpha value is -1.83. The van der Waals surface area contributed by atoms with E-state index in [2.05, 4.69) is 31.2 Å². The number of nitrogens with zero attached hydrogens (tertiary/aromatic N) is 2. The van der Waals surface area contributed by atoms with Gasteiger partial charge in [0.1, 0.15) is 11.6 Å². The molecule has 1 aromatic carbocycles. The van der Waals surface area contributed by atoms with Gasteiger partial charge in [-0.3, -0.25) is 0 Å². The first-order valence-corrected chi connectivity index (χ1v) is 6.34. The molecule has 1 aromatic heterocycles. The highest BCUT2D eigenvalue weighted by molar-refractivity contribution is 9.10. The number of hydrogen-bond donors (Lipinski definition) is 2. The molecule has 0 unspecified atom stereocenters. The molecule has 0 saturated heterocycles. The molecular formula is C12H10BrF3N4. The predicted octanol–water partition coefficient (Wildman–Crippen LogP) is 3.45. The fraction of sp³-hybridized carbons (Fsp3) is 0.167. The predicted molar refractivity (Wildman–Crippen MR) is 72.9 cm³/mol. The van der Waals surface area contributed by atoms with E-state index >= 15 is 0 Å². The minimum atomic E-state index is -4.63. The summed E-state index contributed by atoms with van der Waals surface area (Å²) in [6.45, 7) is 0.315. The summed E-state index contributed by atoms with van der Waals surface area (Å²) >= 11 is 3.35. The number of benzene rings is 1. The summed E-state index contributed by atoms with van der Waals surface area (Å²) in [7, 11) is 0. The molecule has 4 nitrogen and oxygen atoms in total. The molecule has 0 saturated carbocycles. The van der Waals surface area contributed by atoms with E-state index in [1.807, 2.05) is 24.3 Å². The lowest BCUT2D eigenvalue weighted by Crippen LogP contribution is -2.14. The number of halogens is 4. The summed E-state index contributed by atoms with van der Waals surface area (Å²) in [5.74, 6) is -1.46. The zero-order chi connectivity index (χ0) is 14.8. The van der Waals surface area contributed by atoms with Gasteiger partial charge in [0.05, 0.1) is 0 Å². The van der Waals surface area contributed by atoms with Gasteiger partial charge >= 0.3 is 6.18 Å². The van der Waals surface area contributed by atoms with E-state index in [1.165, 1.54) is 6.07 Å². The van der Waals surface area contributed by atoms with Crippen molar-refractivity contribution in [2.75, 3.05) is 11.1 Å². The Balaban J connectivity index is 2.18. The molecule has 0 aliphatic rings. The van der Waals surface area contributed by atoms with E-state index < -0.39 is 12.0 Å². The molecule has 0 spiro atoms. The molecule has 0 atom stereocenters. The number of nitrogens with two attached hydrogens (primary N) is 1. The first kappa shape index (κ1) is 14.6. The van der Waals surface area contributed by atoms with Gasteiger partial charge in [0, 0.05) is 17.1 Å². The topological polar surface area (TPSA) is 63.8 Å². The highest BCUT2D eigenvalue weighted by atomic mass is 79.9. The van der Waals surface area contributed by atoms with Crippen molar-refractivity contribution in [3.63, 3.8) is 0 Å². The maximum absolute atomic E-state index is 12.6. The van der Waals surface area contributed by atoms with Crippen molar-refractivity contribution in [2.45, 2.75) is 12.7 Å². The van der Waals surface area contributed by atoms with Gasteiger partial charge in [0.25, 0.3) is 0 Å². The minimum absolute atomic E-state index is 0.0283. The maximum atomic E-state index is 12.6. The standard InChI is InChI=1S/C12H10BrF3N4/c13-8-4-2-1-3-7(8)6-18-10-5-9(17)19-11(20-10)12(14,15)16/h1-5H,6H2,(H3,17,18,19,20). The summed E-state index contributed by atoms with van der Waals surface area (Å²) in [6.07, 6.45) is -4.63. The van der Waals surface area contributed by atoms with Crippen molar-refractivity contribution in [1.82, 2.24) is 9.97 Å². The van der Waals surface area contributed by atoms with Gasteiger partial charge in [0.15, 0.2) is 0 Å². The van der Waals surface area contributed by atoms with Crippen LogP contribution in [-0.4, -0.2) is 9.97 Å². The third kappa shape index (κ3) is 3.60. The highest BCUT2D eigenvalue weighted by Crippen LogP contribution is 2.28. The molecule has 0 fully saturated rings. The molecule has 0 radical (unpaired) electrons. The van der Waals surface area contributed by atoms with Gasteiger partial charge in [-0.2, -0.15) is 13.2 Å². The van der Waals surface area contributed by atoms with Crippen LogP contribution in [0.1, 0.15) is 11.4 Å². The first-order chi connectivity index (χ1) is 9.36. The van der Waals surface area contributed by atoms with Crippen LogP contribution in [0, 0.1) is 0 Å². The van der Waals surface area contributed by atoms with Crippen molar-refractivity contribution in [1.29, 1.82) is 0 Å². The van der Waals surface area contributed by atoms with E-state index in [-0.39, 0.29) is 11.6 Å². The minimum Gasteiger partial charge on any atom is -0.384 e. The van der Waals surface area contributed by atoms with Gasteiger partial charge in [0.2, 0.25) is 5.82 Å². The van der Waals surface area contributed by atoms with Gasteiger partial charge in [-0.15, -0.1) is 0 Å². The molecule has 106 valence electrons. The highest BCUT2D eigenvalue weighted by Gasteiger charge is 2.35. The second-order valence-corrected chi connectivity index (χ2v) is 4.80. The average molecular weight is 347 g/mol. The second kappa shape index (κ2) is 5.66. The van der Waals surface area contributed by atoms with Crippen molar-refractivity contribution < 1.29 is 13.2 Å². The summed E-state index contributed by atoms with van der Waals surface area (Å²) in [4.78, 5) is 6.58. The Morgan fingerprint density at radius 1 is 1.20 bits per heavy atom. The number of alkyl halides is 3. The number of nitrogens with one attached hydrogen (secondary N) is 1. The molecule has 1 heterocycles. The van der Waals surface area contributed by atoms with Crippen molar-refractivity contribution in [3.8, 4) is 0 Å². The SMILES string of the molecule is Nc1cc(NCc2ccccc2Br)nc(C(F)(F)F)n1. The molecule has 8 heteroatoms. The van der Waals surface area contributed by atoms with Crippen LogP contribution in [0.2, 0.25) is 0 Å². The molecule has 20 heavy (non-hydrogen) atoms. The molecule has 0 aliphatic carbocycles. The Kier molecular flexibility index (Phi) is 4.12. The van der Waals surface area contributed by atoms with Crippen LogP contribution in [0.4, 0.5) is 24.8 Å². The number of nitrogen functional groups attached to an aromatic ring is 1. The van der Waals surface area contributed by atoms with Crippen LogP contribution >= 0.6 is 15.9 Å². The van der Waals surface area contributed by atoms with E-state index in [9.17, 15) is 13.2 Å². The van der Waals surface area contributed by atoms with Crippen molar-refractivity contribution in [3.05, 3.63) is 46.2 Å². The van der Waals surface area contributed by atoms with E-state index in [0.717, 1.165) is 10.0 Å². The van der Waals surface area contributed by atoms with Crippen LogP contribution < -0.4 is 11.1 Å². The number of rotatable bonds is 3. The fourth-order valence-electron chi connectivity index (χ4n) is 1.51. The fourth-order valence-corrected chi connectivity index (χ4v) is 1.94. The van der Waals surface area contributed by atoms with Gasteiger partial charge < -0.3 is 11.1 Å². The number of anilines is 2. The van der Waals surface area contributed by atoms with E-state index in [1.54, 1.807) is 0 Å². The van der Waals surface area contributed by atoms with Crippen LogP contribution in [0.15, 0.2) is 34.8 Å². The third-order valence-corrected chi connectivity index (χ3v) is 3.19. The number of aromatic nitrogens is 2. The Morgan fingerprint density at radius 2 is 1.90 bits per heavy atom. The Morgan fingerprint density at radius 3 is 2.55 bits per heavy atom. The zero-order valence-electron chi connectivity index (χ0n) is 10.1. The average Bonchev–Trinajstić information content (AvgIpc) is 2.36. The first-order valence-electron chi connectivity index (χ1n) is 5.55. The lowest BCUT2D eigenvalue weighted by atomic mass is 10.2. The Labute approximate surface area is 121 Å². The van der Waals surface area contributed by atoms with Crippen LogP contribution in [0.3, 0.4) is 0 Å². The molecule has 2 aromatic rings.